The average molecular weight is 260 g/mol. The molecular formula is C14H16N2OS. The molecule has 4 heteroatoms. The van der Waals surface area contributed by atoms with Gasteiger partial charge in [0, 0.05) is 11.8 Å². The lowest BCUT2D eigenvalue weighted by molar-refractivity contribution is 0.415. The molecule has 18 heavy (non-hydrogen) atoms. The van der Waals surface area contributed by atoms with Crippen molar-refractivity contribution in [3.63, 3.8) is 0 Å². The highest BCUT2D eigenvalue weighted by molar-refractivity contribution is 7.71. The van der Waals surface area contributed by atoms with Crippen LogP contribution in [-0.2, 0) is 0 Å². The maximum absolute atomic E-state index is 5.48. The summed E-state index contributed by atoms with van der Waals surface area (Å²) in [6.45, 7) is 6.13. The lowest BCUT2D eigenvalue weighted by Crippen LogP contribution is -1.97. The molecule has 94 valence electrons. The monoisotopic (exact) mass is 260 g/mol. The lowest BCUT2D eigenvalue weighted by Gasteiger charge is -2.14. The number of nitrogens with one attached hydrogen (secondary N) is 1. The van der Waals surface area contributed by atoms with Crippen molar-refractivity contribution in [2.75, 3.05) is 7.11 Å². The Labute approximate surface area is 112 Å². The van der Waals surface area contributed by atoms with Crippen molar-refractivity contribution < 1.29 is 4.74 Å². The number of H-pyrrole nitrogens is 1. The number of rotatable bonds is 2. The van der Waals surface area contributed by atoms with Gasteiger partial charge >= 0.3 is 0 Å². The quantitative estimate of drug-likeness (QED) is 0.836. The standard InChI is InChI=1S/C14H16N2OS/c1-8-5-9(2)12(11(6-8)17-4)13-10(3)7-15-14(18)16-13/h5-7H,1-4H3,(H,15,16,18). The summed E-state index contributed by atoms with van der Waals surface area (Å²) in [4.78, 5) is 7.24. The molecule has 0 amide bonds. The first-order valence-electron chi connectivity index (χ1n) is 5.74. The molecule has 3 nitrogen and oxygen atoms in total. The van der Waals surface area contributed by atoms with Crippen LogP contribution in [0.25, 0.3) is 11.3 Å². The molecule has 1 aromatic carbocycles. The van der Waals surface area contributed by atoms with Crippen molar-refractivity contribution in [2.45, 2.75) is 20.8 Å². The summed E-state index contributed by atoms with van der Waals surface area (Å²) in [5.74, 6) is 0.854. The maximum Gasteiger partial charge on any atom is 0.197 e. The van der Waals surface area contributed by atoms with Gasteiger partial charge in [-0.2, -0.15) is 0 Å². The Morgan fingerprint density at radius 3 is 2.56 bits per heavy atom. The first kappa shape index (κ1) is 12.8. The van der Waals surface area contributed by atoms with Crippen LogP contribution in [0.4, 0.5) is 0 Å². The smallest absolute Gasteiger partial charge is 0.197 e. The minimum atomic E-state index is 0.484. The summed E-state index contributed by atoms with van der Waals surface area (Å²) >= 11 is 5.10. The fourth-order valence-corrected chi connectivity index (χ4v) is 2.28. The number of methoxy groups -OCH3 is 1. The molecule has 0 bridgehead atoms. The van der Waals surface area contributed by atoms with Crippen LogP contribution in [0.15, 0.2) is 18.3 Å². The van der Waals surface area contributed by atoms with Crippen molar-refractivity contribution in [1.29, 1.82) is 0 Å². The third-order valence-corrected chi connectivity index (χ3v) is 3.12. The van der Waals surface area contributed by atoms with Crippen LogP contribution in [0.1, 0.15) is 16.7 Å². The van der Waals surface area contributed by atoms with Crippen LogP contribution < -0.4 is 4.74 Å². The molecule has 0 aliphatic rings. The molecule has 2 rings (SSSR count). The van der Waals surface area contributed by atoms with E-state index in [2.05, 4.69) is 29.9 Å². The van der Waals surface area contributed by atoms with Crippen LogP contribution in [0.5, 0.6) is 5.75 Å². The Morgan fingerprint density at radius 2 is 1.89 bits per heavy atom. The zero-order valence-corrected chi connectivity index (χ0v) is 11.8. The van der Waals surface area contributed by atoms with Gasteiger partial charge in [0.15, 0.2) is 4.77 Å². The minimum absolute atomic E-state index is 0.484. The van der Waals surface area contributed by atoms with Crippen LogP contribution in [0.2, 0.25) is 0 Å². The largest absolute Gasteiger partial charge is 0.496 e. The highest BCUT2D eigenvalue weighted by atomic mass is 32.1. The second kappa shape index (κ2) is 4.90. The molecule has 0 unspecified atom stereocenters. The predicted molar refractivity (Wildman–Crippen MR) is 75.6 cm³/mol. The third kappa shape index (κ3) is 2.29. The summed E-state index contributed by atoms with van der Waals surface area (Å²) in [6, 6.07) is 4.16. The van der Waals surface area contributed by atoms with Gasteiger partial charge in [0.1, 0.15) is 5.75 Å². The van der Waals surface area contributed by atoms with E-state index in [1.807, 2.05) is 13.0 Å². The summed E-state index contributed by atoms with van der Waals surface area (Å²) in [5, 5.41) is 0. The van der Waals surface area contributed by atoms with E-state index in [4.69, 9.17) is 17.0 Å². The molecule has 0 radical (unpaired) electrons. The summed E-state index contributed by atoms with van der Waals surface area (Å²) in [5.41, 5.74) is 5.41. The first-order chi connectivity index (χ1) is 8.52. The van der Waals surface area contributed by atoms with Gasteiger partial charge in [-0.1, -0.05) is 6.07 Å². The number of hydrogen-bond acceptors (Lipinski definition) is 3. The Kier molecular flexibility index (Phi) is 3.48. The zero-order valence-electron chi connectivity index (χ0n) is 11.0. The SMILES string of the molecule is COc1cc(C)cc(C)c1-c1[nH]c(=S)ncc1C. The van der Waals surface area contributed by atoms with E-state index in [9.17, 15) is 0 Å². The molecule has 1 heterocycles. The lowest BCUT2D eigenvalue weighted by atomic mass is 9.99. The Balaban J connectivity index is 2.78. The molecule has 0 saturated carbocycles. The molecule has 1 aromatic heterocycles. The predicted octanol–water partition coefficient (Wildman–Crippen LogP) is 3.74. The van der Waals surface area contributed by atoms with Gasteiger partial charge < -0.3 is 9.72 Å². The molecule has 1 N–H and O–H groups in total. The van der Waals surface area contributed by atoms with E-state index in [0.717, 1.165) is 28.1 Å². The number of aromatic nitrogens is 2. The zero-order chi connectivity index (χ0) is 13.3. The van der Waals surface area contributed by atoms with Crippen molar-refractivity contribution >= 4 is 12.2 Å². The Bertz CT molecular complexity index is 647. The van der Waals surface area contributed by atoms with E-state index >= 15 is 0 Å². The highest BCUT2D eigenvalue weighted by Gasteiger charge is 2.13. The molecule has 2 aromatic rings. The van der Waals surface area contributed by atoms with Gasteiger partial charge in [0.05, 0.1) is 12.8 Å². The second-order valence-electron chi connectivity index (χ2n) is 4.41. The number of aromatic amines is 1. The second-order valence-corrected chi connectivity index (χ2v) is 4.79. The molecule has 0 atom stereocenters. The fraction of sp³-hybridized carbons (Fsp3) is 0.286. The topological polar surface area (TPSA) is 37.9 Å². The molecule has 0 fully saturated rings. The molecule has 0 spiro atoms. The number of nitrogens with zero attached hydrogens (tertiary/aromatic N) is 1. The highest BCUT2D eigenvalue weighted by Crippen LogP contribution is 2.34. The van der Waals surface area contributed by atoms with Crippen LogP contribution >= 0.6 is 12.2 Å². The van der Waals surface area contributed by atoms with Gasteiger partial charge in [0.25, 0.3) is 0 Å². The van der Waals surface area contributed by atoms with E-state index in [1.54, 1.807) is 13.3 Å². The number of ether oxygens (including phenoxy) is 1. The van der Waals surface area contributed by atoms with E-state index in [-0.39, 0.29) is 0 Å². The van der Waals surface area contributed by atoms with Gasteiger partial charge in [-0.25, -0.2) is 4.98 Å². The first-order valence-corrected chi connectivity index (χ1v) is 6.15. The van der Waals surface area contributed by atoms with Crippen molar-refractivity contribution in [3.8, 4) is 17.0 Å². The van der Waals surface area contributed by atoms with Gasteiger partial charge in [0.2, 0.25) is 0 Å². The van der Waals surface area contributed by atoms with Crippen LogP contribution in [-0.4, -0.2) is 17.1 Å². The normalized spacial score (nSPS) is 10.4. The average Bonchev–Trinajstić information content (AvgIpc) is 2.32. The Hall–Kier alpha value is -1.68. The maximum atomic E-state index is 5.48. The summed E-state index contributed by atoms with van der Waals surface area (Å²) in [7, 11) is 1.68. The van der Waals surface area contributed by atoms with E-state index < -0.39 is 0 Å². The minimum Gasteiger partial charge on any atom is -0.496 e. The molecule has 0 aliphatic heterocycles. The van der Waals surface area contributed by atoms with Gasteiger partial charge in [-0.3, -0.25) is 0 Å². The van der Waals surface area contributed by atoms with Crippen molar-refractivity contribution in [2.24, 2.45) is 0 Å². The van der Waals surface area contributed by atoms with E-state index in [1.165, 1.54) is 5.56 Å². The fourth-order valence-electron chi connectivity index (χ4n) is 2.13. The molecule has 0 aliphatic carbocycles. The molecule has 0 saturated heterocycles. The van der Waals surface area contributed by atoms with Gasteiger partial charge in [-0.15, -0.1) is 0 Å². The number of hydrogen-bond donors (Lipinski definition) is 1. The third-order valence-electron chi connectivity index (χ3n) is 2.92. The van der Waals surface area contributed by atoms with Crippen molar-refractivity contribution in [1.82, 2.24) is 9.97 Å². The Morgan fingerprint density at radius 1 is 1.17 bits per heavy atom. The van der Waals surface area contributed by atoms with Crippen molar-refractivity contribution in [3.05, 3.63) is 39.8 Å². The van der Waals surface area contributed by atoms with Crippen LogP contribution in [0, 0.1) is 25.5 Å². The molecular weight excluding hydrogens is 244 g/mol. The number of benzene rings is 1. The van der Waals surface area contributed by atoms with E-state index in [0.29, 0.717) is 4.77 Å². The van der Waals surface area contributed by atoms with Crippen LogP contribution in [0.3, 0.4) is 0 Å². The van der Waals surface area contributed by atoms with Gasteiger partial charge in [-0.05, 0) is 55.7 Å². The summed E-state index contributed by atoms with van der Waals surface area (Å²) < 4.78 is 5.97. The summed E-state index contributed by atoms with van der Waals surface area (Å²) in [6.07, 6.45) is 1.78. The number of aryl methyl sites for hydroxylation is 3.